The summed E-state index contributed by atoms with van der Waals surface area (Å²) in [6.45, 7) is 4.59. The van der Waals surface area contributed by atoms with Gasteiger partial charge < -0.3 is 14.6 Å². The number of nitrogens with zero attached hydrogens (tertiary/aromatic N) is 3. The molecule has 2 aromatic carbocycles. The molecule has 1 heterocycles. The molecule has 0 atom stereocenters. The third-order valence-electron chi connectivity index (χ3n) is 4.60. The second-order valence-electron chi connectivity index (χ2n) is 6.95. The number of ketones is 1. The summed E-state index contributed by atoms with van der Waals surface area (Å²) < 4.78 is 11.6. The zero-order valence-electron chi connectivity index (χ0n) is 17.2. The Labute approximate surface area is 175 Å². The number of ether oxygens (including phenoxy) is 2. The van der Waals surface area contributed by atoms with E-state index in [0.717, 1.165) is 42.6 Å². The number of phenolic OH excluding ortho intramolecular Hbond substituents is 1. The molecular weight excluding hydrogens is 384 g/mol. The third kappa shape index (κ3) is 5.56. The Morgan fingerprint density at radius 3 is 2.47 bits per heavy atom. The summed E-state index contributed by atoms with van der Waals surface area (Å²) in [7, 11) is 0. The van der Waals surface area contributed by atoms with E-state index < -0.39 is 0 Å². The van der Waals surface area contributed by atoms with E-state index in [4.69, 9.17) is 9.47 Å². The Bertz CT molecular complexity index is 956. The average Bonchev–Trinajstić information content (AvgIpc) is 3.27. The molecule has 0 fully saturated rings. The highest BCUT2D eigenvalue weighted by Crippen LogP contribution is 2.30. The van der Waals surface area contributed by atoms with Crippen molar-refractivity contribution in [3.05, 3.63) is 47.5 Å². The summed E-state index contributed by atoms with van der Waals surface area (Å²) in [5, 5.41) is 23.9. The first kappa shape index (κ1) is 21.3. The molecule has 8 nitrogen and oxygen atoms in total. The Balaban J connectivity index is 1.44. The van der Waals surface area contributed by atoms with Gasteiger partial charge in [0.2, 0.25) is 5.82 Å². The fourth-order valence-electron chi connectivity index (χ4n) is 3.06. The van der Waals surface area contributed by atoms with Crippen LogP contribution in [-0.2, 0) is 6.42 Å². The number of hydrogen-bond donors (Lipinski definition) is 2. The maximum atomic E-state index is 11.6. The number of aromatic hydroxyl groups is 1. The minimum atomic E-state index is -0.154. The number of carbonyl (C=O) groups excluding carboxylic acids is 1. The summed E-state index contributed by atoms with van der Waals surface area (Å²) in [5.41, 5.74) is 2.15. The molecule has 0 radical (unpaired) electrons. The number of hydrogen-bond acceptors (Lipinski definition) is 7. The van der Waals surface area contributed by atoms with Gasteiger partial charge in [-0.3, -0.25) is 4.79 Å². The molecule has 0 saturated heterocycles. The Hall–Kier alpha value is -3.42. The van der Waals surface area contributed by atoms with Crippen molar-refractivity contribution in [3.63, 3.8) is 0 Å². The molecule has 0 saturated carbocycles. The van der Waals surface area contributed by atoms with Crippen molar-refractivity contribution in [3.8, 4) is 28.6 Å². The quantitative estimate of drug-likeness (QED) is 0.363. The number of rotatable bonds is 11. The van der Waals surface area contributed by atoms with Crippen molar-refractivity contribution in [2.75, 3.05) is 13.2 Å². The van der Waals surface area contributed by atoms with E-state index >= 15 is 0 Å². The number of carbonyl (C=O) groups is 1. The number of aryl methyl sites for hydroxylation is 1. The van der Waals surface area contributed by atoms with Gasteiger partial charge in [0.25, 0.3) is 0 Å². The van der Waals surface area contributed by atoms with Gasteiger partial charge in [0.15, 0.2) is 5.78 Å². The number of unbranched alkanes of at least 4 members (excludes halogenated alkanes) is 1. The SMILES string of the molecule is CCCc1cc(C(C)=O)c(O)cc1OCCCCOc1ccc(-c2nn[nH]n2)cc1. The monoisotopic (exact) mass is 410 g/mol. The van der Waals surface area contributed by atoms with Gasteiger partial charge in [-0.15, -0.1) is 10.2 Å². The van der Waals surface area contributed by atoms with E-state index in [2.05, 4.69) is 27.5 Å². The maximum Gasteiger partial charge on any atom is 0.204 e. The van der Waals surface area contributed by atoms with E-state index in [9.17, 15) is 9.90 Å². The van der Waals surface area contributed by atoms with E-state index in [1.807, 2.05) is 24.3 Å². The zero-order valence-corrected chi connectivity index (χ0v) is 17.2. The molecule has 0 aliphatic heterocycles. The van der Waals surface area contributed by atoms with Crippen molar-refractivity contribution in [1.29, 1.82) is 0 Å². The Morgan fingerprint density at radius 1 is 1.10 bits per heavy atom. The Kier molecular flexibility index (Phi) is 7.37. The number of phenols is 1. The van der Waals surface area contributed by atoms with Crippen LogP contribution in [0.15, 0.2) is 36.4 Å². The number of H-pyrrole nitrogens is 1. The van der Waals surface area contributed by atoms with Crippen LogP contribution in [0, 0.1) is 0 Å². The topological polar surface area (TPSA) is 110 Å². The number of benzene rings is 2. The van der Waals surface area contributed by atoms with Gasteiger partial charge in [-0.2, -0.15) is 5.21 Å². The Morgan fingerprint density at radius 2 is 1.83 bits per heavy atom. The lowest BCUT2D eigenvalue weighted by atomic mass is 10.0. The smallest absolute Gasteiger partial charge is 0.204 e. The number of aromatic nitrogens is 4. The fraction of sp³-hybridized carbons (Fsp3) is 0.364. The van der Waals surface area contributed by atoms with Crippen LogP contribution in [0.2, 0.25) is 0 Å². The van der Waals surface area contributed by atoms with Crippen LogP contribution >= 0.6 is 0 Å². The lowest BCUT2D eigenvalue weighted by molar-refractivity contribution is 0.101. The first-order valence-electron chi connectivity index (χ1n) is 10.0. The van der Waals surface area contributed by atoms with Crippen molar-refractivity contribution in [2.45, 2.75) is 39.5 Å². The molecule has 0 amide bonds. The van der Waals surface area contributed by atoms with Crippen molar-refractivity contribution >= 4 is 5.78 Å². The molecule has 3 rings (SSSR count). The molecule has 0 bridgehead atoms. The first-order chi connectivity index (χ1) is 14.6. The molecule has 2 N–H and O–H groups in total. The first-order valence-corrected chi connectivity index (χ1v) is 10.0. The molecule has 0 aliphatic rings. The lowest BCUT2D eigenvalue weighted by Gasteiger charge is -2.14. The highest BCUT2D eigenvalue weighted by Gasteiger charge is 2.13. The van der Waals surface area contributed by atoms with Gasteiger partial charge in [0.1, 0.15) is 17.2 Å². The summed E-state index contributed by atoms with van der Waals surface area (Å²) in [6.07, 6.45) is 3.35. The molecule has 3 aromatic rings. The molecule has 0 spiro atoms. The van der Waals surface area contributed by atoms with Crippen LogP contribution in [0.5, 0.6) is 17.2 Å². The second-order valence-corrected chi connectivity index (χ2v) is 6.95. The highest BCUT2D eigenvalue weighted by atomic mass is 16.5. The summed E-state index contributed by atoms with van der Waals surface area (Å²) in [5.74, 6) is 1.77. The maximum absolute atomic E-state index is 11.6. The normalized spacial score (nSPS) is 10.7. The molecule has 0 unspecified atom stereocenters. The van der Waals surface area contributed by atoms with E-state index in [1.54, 1.807) is 12.1 Å². The van der Waals surface area contributed by atoms with Crippen LogP contribution in [0.25, 0.3) is 11.4 Å². The zero-order chi connectivity index (χ0) is 21.3. The van der Waals surface area contributed by atoms with Crippen LogP contribution in [0.1, 0.15) is 49.0 Å². The standard InChI is InChI=1S/C22H26N4O4/c1-3-6-17-13-19(15(2)27)20(28)14-21(17)30-12-5-4-11-29-18-9-7-16(8-10-18)22-23-25-26-24-22/h7-10,13-14,28H,3-6,11-12H2,1-2H3,(H,23,24,25,26). The minimum Gasteiger partial charge on any atom is -0.507 e. The molecule has 8 heteroatoms. The minimum absolute atomic E-state index is 0.0371. The fourth-order valence-corrected chi connectivity index (χ4v) is 3.06. The van der Waals surface area contributed by atoms with Gasteiger partial charge >= 0.3 is 0 Å². The number of aromatic amines is 1. The second kappa shape index (κ2) is 10.4. The van der Waals surface area contributed by atoms with Crippen LogP contribution in [0.4, 0.5) is 0 Å². The molecule has 1 aromatic heterocycles. The largest absolute Gasteiger partial charge is 0.507 e. The summed E-state index contributed by atoms with van der Waals surface area (Å²) in [4.78, 5) is 11.6. The van der Waals surface area contributed by atoms with E-state index in [1.165, 1.54) is 6.92 Å². The van der Waals surface area contributed by atoms with Crippen molar-refractivity contribution in [2.24, 2.45) is 0 Å². The summed E-state index contributed by atoms with van der Waals surface area (Å²) >= 11 is 0. The van der Waals surface area contributed by atoms with Crippen LogP contribution in [-0.4, -0.2) is 44.7 Å². The molecule has 30 heavy (non-hydrogen) atoms. The predicted molar refractivity (Wildman–Crippen MR) is 112 cm³/mol. The number of tetrazole rings is 1. The number of nitrogens with one attached hydrogen (secondary N) is 1. The predicted octanol–water partition coefficient (Wildman–Crippen LogP) is 3.97. The van der Waals surface area contributed by atoms with Crippen molar-refractivity contribution < 1.29 is 19.4 Å². The van der Waals surface area contributed by atoms with Crippen molar-refractivity contribution in [1.82, 2.24) is 20.6 Å². The van der Waals surface area contributed by atoms with Gasteiger partial charge in [-0.05, 0) is 67.3 Å². The van der Waals surface area contributed by atoms with Gasteiger partial charge in [0.05, 0.1) is 18.8 Å². The molecular formula is C22H26N4O4. The highest BCUT2D eigenvalue weighted by molar-refractivity contribution is 5.97. The van der Waals surface area contributed by atoms with Crippen LogP contribution < -0.4 is 9.47 Å². The third-order valence-corrected chi connectivity index (χ3v) is 4.60. The van der Waals surface area contributed by atoms with Gasteiger partial charge in [0, 0.05) is 11.6 Å². The van der Waals surface area contributed by atoms with E-state index in [0.29, 0.717) is 30.4 Å². The van der Waals surface area contributed by atoms with Crippen LogP contribution in [0.3, 0.4) is 0 Å². The summed E-state index contributed by atoms with van der Waals surface area (Å²) in [6, 6.07) is 10.8. The number of Topliss-reactive ketones (excluding diaryl/α,β-unsaturated/α-hetero) is 1. The average molecular weight is 410 g/mol. The molecule has 158 valence electrons. The van der Waals surface area contributed by atoms with E-state index in [-0.39, 0.29) is 11.5 Å². The molecule has 0 aliphatic carbocycles. The van der Waals surface area contributed by atoms with Gasteiger partial charge in [-0.1, -0.05) is 13.3 Å². The van der Waals surface area contributed by atoms with Gasteiger partial charge in [-0.25, -0.2) is 0 Å². The lowest BCUT2D eigenvalue weighted by Crippen LogP contribution is -2.05.